The Bertz CT molecular complexity index is 1460. The van der Waals surface area contributed by atoms with Gasteiger partial charge in [-0.05, 0) is 99.8 Å². The number of morpholine rings is 1. The van der Waals surface area contributed by atoms with Gasteiger partial charge in [0.25, 0.3) is 11.8 Å². The minimum Gasteiger partial charge on any atom is -0.379 e. The maximum Gasteiger partial charge on any atom is 0.276 e. The molecule has 0 bridgehead atoms. The van der Waals surface area contributed by atoms with Gasteiger partial charge in [-0.2, -0.15) is 5.10 Å². The molecule has 10 nitrogen and oxygen atoms in total. The first-order valence-electron chi connectivity index (χ1n) is 18.1. The highest BCUT2D eigenvalue weighted by molar-refractivity contribution is 6.05. The Balaban J connectivity index is 1.37. The number of ether oxygens (including phenoxy) is 1. The van der Waals surface area contributed by atoms with E-state index >= 15 is 0 Å². The second kappa shape index (κ2) is 17.4. The number of pyridine rings is 1. The van der Waals surface area contributed by atoms with E-state index in [0.29, 0.717) is 61.5 Å². The van der Waals surface area contributed by atoms with E-state index in [2.05, 4.69) is 37.9 Å². The number of rotatable bonds is 15. The molecule has 2 saturated heterocycles. The molecule has 2 N–H and O–H groups in total. The zero-order chi connectivity index (χ0) is 34.0. The lowest BCUT2D eigenvalue weighted by atomic mass is 10.0. The summed E-state index contributed by atoms with van der Waals surface area (Å²) in [5.74, 6) is 0.770. The predicted molar refractivity (Wildman–Crippen MR) is 190 cm³/mol. The van der Waals surface area contributed by atoms with Crippen molar-refractivity contribution in [3.05, 3.63) is 65.0 Å². The first kappa shape index (κ1) is 36.0. The van der Waals surface area contributed by atoms with Crippen LogP contribution in [0.3, 0.4) is 0 Å². The molecule has 262 valence electrons. The highest BCUT2D eigenvalue weighted by Gasteiger charge is 2.24. The van der Waals surface area contributed by atoms with Gasteiger partial charge in [-0.15, -0.1) is 0 Å². The fourth-order valence-electron chi connectivity index (χ4n) is 6.61. The summed E-state index contributed by atoms with van der Waals surface area (Å²) in [7, 11) is 0. The van der Waals surface area contributed by atoms with E-state index in [0.717, 1.165) is 68.6 Å². The van der Waals surface area contributed by atoms with Crippen molar-refractivity contribution in [2.45, 2.75) is 78.9 Å². The number of fused-ring (bicyclic) bond motifs is 1. The summed E-state index contributed by atoms with van der Waals surface area (Å²) in [5.41, 5.74) is 4.10. The lowest BCUT2D eigenvalue weighted by Crippen LogP contribution is -2.39. The van der Waals surface area contributed by atoms with Crippen molar-refractivity contribution in [1.29, 1.82) is 0 Å². The van der Waals surface area contributed by atoms with Gasteiger partial charge in [-0.1, -0.05) is 46.2 Å². The van der Waals surface area contributed by atoms with Crippen LogP contribution in [0.5, 0.6) is 0 Å². The lowest BCUT2D eigenvalue weighted by Gasteiger charge is -2.31. The van der Waals surface area contributed by atoms with Crippen molar-refractivity contribution in [1.82, 2.24) is 24.3 Å². The van der Waals surface area contributed by atoms with Crippen LogP contribution in [0.2, 0.25) is 0 Å². The maximum atomic E-state index is 13.9. The summed E-state index contributed by atoms with van der Waals surface area (Å²) in [6, 6.07) is 11.1. The SMILES string of the molecule is CC(C)CCN(CCC(C)C)C(=O)c1ccn2nc(C(=O)Nc3ccc(C(O)N4CCOCC4)cc3)c(CCCN3CCCCC3)c2c1. The minimum atomic E-state index is -0.716. The highest BCUT2D eigenvalue weighted by Crippen LogP contribution is 2.25. The second-order valence-corrected chi connectivity index (χ2v) is 14.3. The Morgan fingerprint density at radius 1 is 0.938 bits per heavy atom. The van der Waals surface area contributed by atoms with Crippen LogP contribution in [0, 0.1) is 11.8 Å². The standard InChI is InChI=1S/C38H56N6O4/c1-28(2)14-20-42(21-15-29(3)4)38(47)31-16-22-44-34(27-31)33(9-8-19-41-17-6-5-7-18-41)35(40-44)36(45)39-32-12-10-30(11-13-32)37(46)43-23-25-48-26-24-43/h10-13,16,22,27-29,37,46H,5-9,14-15,17-21,23-26H2,1-4H3,(H,39,45). The molecule has 2 aromatic heterocycles. The molecule has 2 fully saturated rings. The van der Waals surface area contributed by atoms with Gasteiger partial charge in [0.15, 0.2) is 5.69 Å². The molecular weight excluding hydrogens is 604 g/mol. The van der Waals surface area contributed by atoms with Crippen LogP contribution in [-0.4, -0.2) is 100 Å². The summed E-state index contributed by atoms with van der Waals surface area (Å²) in [6.07, 6.45) is 8.38. The smallest absolute Gasteiger partial charge is 0.276 e. The Morgan fingerprint density at radius 2 is 1.60 bits per heavy atom. The van der Waals surface area contributed by atoms with Crippen LogP contribution in [0.25, 0.3) is 5.52 Å². The molecule has 3 aromatic rings. The number of aliphatic hydroxyl groups is 1. The molecule has 2 aliphatic rings. The van der Waals surface area contributed by atoms with Gasteiger partial charge in [0.1, 0.15) is 6.23 Å². The van der Waals surface area contributed by atoms with E-state index in [1.807, 2.05) is 52.4 Å². The van der Waals surface area contributed by atoms with Crippen molar-refractivity contribution in [2.24, 2.45) is 11.8 Å². The van der Waals surface area contributed by atoms with Gasteiger partial charge in [-0.3, -0.25) is 14.5 Å². The number of amides is 2. The topological polar surface area (TPSA) is 103 Å². The highest BCUT2D eigenvalue weighted by atomic mass is 16.5. The molecule has 0 saturated carbocycles. The molecule has 48 heavy (non-hydrogen) atoms. The third-order valence-electron chi connectivity index (χ3n) is 9.65. The zero-order valence-corrected chi connectivity index (χ0v) is 29.5. The molecule has 0 radical (unpaired) electrons. The average Bonchev–Trinajstić information content (AvgIpc) is 3.46. The summed E-state index contributed by atoms with van der Waals surface area (Å²) >= 11 is 0. The van der Waals surface area contributed by atoms with Crippen LogP contribution in [0.15, 0.2) is 42.6 Å². The second-order valence-electron chi connectivity index (χ2n) is 14.3. The van der Waals surface area contributed by atoms with Crippen molar-refractivity contribution in [3.8, 4) is 0 Å². The van der Waals surface area contributed by atoms with Gasteiger partial charge >= 0.3 is 0 Å². The van der Waals surface area contributed by atoms with Gasteiger partial charge < -0.3 is 25.0 Å². The fraction of sp³-hybridized carbons (Fsp3) is 0.605. The third-order valence-corrected chi connectivity index (χ3v) is 9.65. The van der Waals surface area contributed by atoms with Crippen molar-refractivity contribution in [2.75, 3.05) is 64.3 Å². The maximum absolute atomic E-state index is 13.9. The number of carbonyl (C=O) groups excluding carboxylic acids is 2. The van der Waals surface area contributed by atoms with E-state index in [-0.39, 0.29) is 11.8 Å². The Labute approximate surface area is 286 Å². The van der Waals surface area contributed by atoms with Gasteiger partial charge in [0.2, 0.25) is 0 Å². The van der Waals surface area contributed by atoms with Gasteiger partial charge in [-0.25, -0.2) is 4.52 Å². The summed E-state index contributed by atoms with van der Waals surface area (Å²) in [5, 5.41) is 18.6. The number of carbonyl (C=O) groups is 2. The molecule has 1 aromatic carbocycles. The molecule has 10 heteroatoms. The normalized spacial score (nSPS) is 16.9. The number of hydrogen-bond donors (Lipinski definition) is 2. The number of nitrogens with one attached hydrogen (secondary N) is 1. The molecule has 2 amide bonds. The molecule has 1 unspecified atom stereocenters. The van der Waals surface area contributed by atoms with E-state index < -0.39 is 6.23 Å². The van der Waals surface area contributed by atoms with Crippen LogP contribution in [0.4, 0.5) is 5.69 Å². The Hall–Kier alpha value is -3.31. The number of aliphatic hydroxyl groups excluding tert-OH is 1. The van der Waals surface area contributed by atoms with Crippen molar-refractivity contribution >= 4 is 23.0 Å². The van der Waals surface area contributed by atoms with E-state index in [9.17, 15) is 14.7 Å². The number of anilines is 1. The van der Waals surface area contributed by atoms with Crippen LogP contribution < -0.4 is 5.32 Å². The minimum absolute atomic E-state index is 0.0321. The molecule has 0 spiro atoms. The Kier molecular flexibility index (Phi) is 13.0. The third kappa shape index (κ3) is 9.65. The molecular formula is C38H56N6O4. The number of nitrogens with zero attached hydrogens (tertiary/aromatic N) is 5. The van der Waals surface area contributed by atoms with Gasteiger partial charge in [0, 0.05) is 49.2 Å². The lowest BCUT2D eigenvalue weighted by molar-refractivity contribution is -0.0603. The number of hydrogen-bond acceptors (Lipinski definition) is 7. The quantitative estimate of drug-likeness (QED) is 0.211. The molecule has 1 atom stereocenters. The number of aryl methyl sites for hydroxylation is 1. The van der Waals surface area contributed by atoms with Crippen LogP contribution in [-0.2, 0) is 11.2 Å². The molecule has 2 aliphatic heterocycles. The van der Waals surface area contributed by atoms with Crippen LogP contribution in [0.1, 0.15) is 104 Å². The monoisotopic (exact) mass is 660 g/mol. The molecule has 5 rings (SSSR count). The average molecular weight is 661 g/mol. The first-order chi connectivity index (χ1) is 23.2. The summed E-state index contributed by atoms with van der Waals surface area (Å²) < 4.78 is 7.16. The van der Waals surface area contributed by atoms with E-state index in [4.69, 9.17) is 9.84 Å². The predicted octanol–water partition coefficient (Wildman–Crippen LogP) is 5.86. The Morgan fingerprint density at radius 3 is 2.25 bits per heavy atom. The van der Waals surface area contributed by atoms with Crippen LogP contribution >= 0.6 is 0 Å². The van der Waals surface area contributed by atoms with Crippen molar-refractivity contribution < 1.29 is 19.4 Å². The summed E-state index contributed by atoms with van der Waals surface area (Å²) in [6.45, 7) is 16.0. The number of aromatic nitrogens is 2. The zero-order valence-electron chi connectivity index (χ0n) is 29.5. The molecule has 4 heterocycles. The number of benzene rings is 1. The first-order valence-corrected chi connectivity index (χ1v) is 18.1. The number of piperidine rings is 1. The van der Waals surface area contributed by atoms with E-state index in [1.165, 1.54) is 19.3 Å². The van der Waals surface area contributed by atoms with E-state index in [1.54, 1.807) is 4.52 Å². The molecule has 0 aliphatic carbocycles. The van der Waals surface area contributed by atoms with Gasteiger partial charge in [0.05, 0.1) is 18.7 Å². The largest absolute Gasteiger partial charge is 0.379 e. The van der Waals surface area contributed by atoms with Crippen molar-refractivity contribution in [3.63, 3.8) is 0 Å². The summed E-state index contributed by atoms with van der Waals surface area (Å²) in [4.78, 5) is 34.2. The number of likely N-dealkylation sites (tertiary alicyclic amines) is 1. The fourth-order valence-corrected chi connectivity index (χ4v) is 6.61.